The summed E-state index contributed by atoms with van der Waals surface area (Å²) in [5.74, 6) is 1.71. The van der Waals surface area contributed by atoms with Crippen molar-refractivity contribution in [3.63, 3.8) is 0 Å². The molecule has 3 rings (SSSR count). The largest absolute Gasteiger partial charge is 0.497 e. The number of aromatic nitrogens is 1. The van der Waals surface area contributed by atoms with Crippen molar-refractivity contribution in [1.29, 1.82) is 0 Å². The lowest BCUT2D eigenvalue weighted by Gasteiger charge is -2.31. The first-order valence-corrected chi connectivity index (χ1v) is 8.70. The SMILES string of the molecule is COc1cccc(CC(=O)N2CCC(C(=O)Nc3cc(C)on3)CC2)c1. The Kier molecular flexibility index (Phi) is 5.55. The lowest BCUT2D eigenvalue weighted by atomic mass is 9.95. The minimum Gasteiger partial charge on any atom is -0.497 e. The van der Waals surface area contributed by atoms with Gasteiger partial charge in [-0.3, -0.25) is 9.59 Å². The zero-order valence-electron chi connectivity index (χ0n) is 15.0. The Labute approximate surface area is 152 Å². The fourth-order valence-electron chi connectivity index (χ4n) is 3.11. The van der Waals surface area contributed by atoms with Gasteiger partial charge in [0.25, 0.3) is 0 Å². The molecule has 0 radical (unpaired) electrons. The van der Waals surface area contributed by atoms with E-state index in [2.05, 4.69) is 10.5 Å². The van der Waals surface area contributed by atoms with E-state index in [9.17, 15) is 9.59 Å². The first kappa shape index (κ1) is 18.0. The summed E-state index contributed by atoms with van der Waals surface area (Å²) in [4.78, 5) is 26.6. The molecular weight excluding hydrogens is 334 g/mol. The molecular formula is C19H23N3O4. The fourth-order valence-corrected chi connectivity index (χ4v) is 3.11. The van der Waals surface area contributed by atoms with Crippen LogP contribution in [-0.4, -0.2) is 42.1 Å². The fraction of sp³-hybridized carbons (Fsp3) is 0.421. The van der Waals surface area contributed by atoms with E-state index in [0.29, 0.717) is 43.9 Å². The van der Waals surface area contributed by atoms with Gasteiger partial charge in [0.15, 0.2) is 5.82 Å². The standard InChI is InChI=1S/C19H23N3O4/c1-13-10-17(21-26-13)20-19(24)15-6-8-22(9-7-15)18(23)12-14-4-3-5-16(11-14)25-2/h3-5,10-11,15H,6-9,12H2,1-2H3,(H,20,21,24). The summed E-state index contributed by atoms with van der Waals surface area (Å²) in [5, 5.41) is 6.54. The van der Waals surface area contributed by atoms with Crippen LogP contribution in [0.2, 0.25) is 0 Å². The molecule has 2 amide bonds. The zero-order valence-corrected chi connectivity index (χ0v) is 15.0. The van der Waals surface area contributed by atoms with Gasteiger partial charge in [0.1, 0.15) is 11.5 Å². The molecule has 1 fully saturated rings. The second-order valence-corrected chi connectivity index (χ2v) is 6.50. The molecule has 0 saturated carbocycles. The molecule has 2 heterocycles. The summed E-state index contributed by atoms with van der Waals surface area (Å²) in [7, 11) is 1.61. The van der Waals surface area contributed by atoms with Gasteiger partial charge < -0.3 is 19.5 Å². The number of methoxy groups -OCH3 is 1. The van der Waals surface area contributed by atoms with Crippen molar-refractivity contribution in [2.75, 3.05) is 25.5 Å². The third-order valence-electron chi connectivity index (χ3n) is 4.59. The molecule has 2 aromatic rings. The third-order valence-corrected chi connectivity index (χ3v) is 4.59. The van der Waals surface area contributed by atoms with Crippen LogP contribution >= 0.6 is 0 Å². The van der Waals surface area contributed by atoms with Crippen LogP contribution in [0.3, 0.4) is 0 Å². The maximum atomic E-state index is 12.5. The van der Waals surface area contributed by atoms with E-state index < -0.39 is 0 Å². The van der Waals surface area contributed by atoms with Gasteiger partial charge in [0.05, 0.1) is 13.5 Å². The Bertz CT molecular complexity index is 779. The highest BCUT2D eigenvalue weighted by molar-refractivity contribution is 5.91. The number of amides is 2. The van der Waals surface area contributed by atoms with Gasteiger partial charge in [-0.15, -0.1) is 0 Å². The van der Waals surface area contributed by atoms with Crippen molar-refractivity contribution < 1.29 is 18.8 Å². The maximum Gasteiger partial charge on any atom is 0.228 e. The summed E-state index contributed by atoms with van der Waals surface area (Å²) in [6.45, 7) is 2.94. The Balaban J connectivity index is 1.49. The molecule has 1 aliphatic heterocycles. The van der Waals surface area contributed by atoms with E-state index in [1.54, 1.807) is 20.1 Å². The van der Waals surface area contributed by atoms with Gasteiger partial charge in [-0.1, -0.05) is 17.3 Å². The molecule has 138 valence electrons. The lowest BCUT2D eigenvalue weighted by molar-refractivity contribution is -0.133. The average molecular weight is 357 g/mol. The van der Waals surface area contributed by atoms with Crippen molar-refractivity contribution >= 4 is 17.6 Å². The van der Waals surface area contributed by atoms with Gasteiger partial charge in [0.2, 0.25) is 11.8 Å². The zero-order chi connectivity index (χ0) is 18.5. The number of hydrogen-bond donors (Lipinski definition) is 1. The summed E-state index contributed by atoms with van der Waals surface area (Å²) in [6.07, 6.45) is 1.63. The highest BCUT2D eigenvalue weighted by Gasteiger charge is 2.27. The highest BCUT2D eigenvalue weighted by Crippen LogP contribution is 2.21. The first-order chi connectivity index (χ1) is 12.5. The number of carbonyl (C=O) groups is 2. The predicted octanol–water partition coefficient (Wildman–Crippen LogP) is 2.41. The Morgan fingerprint density at radius 3 is 2.73 bits per heavy atom. The van der Waals surface area contributed by atoms with Crippen LogP contribution in [-0.2, 0) is 16.0 Å². The molecule has 1 saturated heterocycles. The summed E-state index contributed by atoms with van der Waals surface area (Å²) < 4.78 is 10.1. The summed E-state index contributed by atoms with van der Waals surface area (Å²) >= 11 is 0. The summed E-state index contributed by atoms with van der Waals surface area (Å²) in [6, 6.07) is 9.21. The number of nitrogens with zero attached hydrogens (tertiary/aromatic N) is 2. The van der Waals surface area contributed by atoms with E-state index in [1.165, 1.54) is 0 Å². The molecule has 0 unspecified atom stereocenters. The molecule has 0 bridgehead atoms. The molecule has 1 N–H and O–H groups in total. The molecule has 1 aromatic carbocycles. The van der Waals surface area contributed by atoms with Crippen molar-refractivity contribution in [3.8, 4) is 5.75 Å². The van der Waals surface area contributed by atoms with E-state index in [0.717, 1.165) is 11.3 Å². The van der Waals surface area contributed by atoms with Crippen LogP contribution in [0.4, 0.5) is 5.82 Å². The van der Waals surface area contributed by atoms with Gasteiger partial charge in [-0.05, 0) is 37.5 Å². The molecule has 1 aromatic heterocycles. The average Bonchev–Trinajstić information content (AvgIpc) is 3.06. The minimum absolute atomic E-state index is 0.0711. The van der Waals surface area contributed by atoms with Crippen molar-refractivity contribution in [1.82, 2.24) is 10.1 Å². The normalized spacial score (nSPS) is 14.9. The van der Waals surface area contributed by atoms with Crippen LogP contribution < -0.4 is 10.1 Å². The number of hydrogen-bond acceptors (Lipinski definition) is 5. The molecule has 1 aliphatic rings. The second kappa shape index (κ2) is 8.03. The number of carbonyl (C=O) groups excluding carboxylic acids is 2. The van der Waals surface area contributed by atoms with Gasteiger partial charge in [-0.25, -0.2) is 0 Å². The van der Waals surface area contributed by atoms with Crippen LogP contribution in [0.25, 0.3) is 0 Å². The summed E-state index contributed by atoms with van der Waals surface area (Å²) in [5.41, 5.74) is 0.926. The van der Waals surface area contributed by atoms with Crippen molar-refractivity contribution in [2.24, 2.45) is 5.92 Å². The number of rotatable bonds is 5. The van der Waals surface area contributed by atoms with E-state index in [4.69, 9.17) is 9.26 Å². The first-order valence-electron chi connectivity index (χ1n) is 8.70. The van der Waals surface area contributed by atoms with E-state index >= 15 is 0 Å². The Morgan fingerprint density at radius 1 is 1.31 bits per heavy atom. The second-order valence-electron chi connectivity index (χ2n) is 6.50. The molecule has 7 heteroatoms. The van der Waals surface area contributed by atoms with Gasteiger partial charge >= 0.3 is 0 Å². The molecule has 26 heavy (non-hydrogen) atoms. The number of likely N-dealkylation sites (tertiary alicyclic amines) is 1. The smallest absolute Gasteiger partial charge is 0.228 e. The predicted molar refractivity (Wildman–Crippen MR) is 95.9 cm³/mol. The van der Waals surface area contributed by atoms with Crippen LogP contribution in [0.1, 0.15) is 24.2 Å². The number of benzene rings is 1. The lowest BCUT2D eigenvalue weighted by Crippen LogP contribution is -2.42. The van der Waals surface area contributed by atoms with Crippen molar-refractivity contribution in [3.05, 3.63) is 41.7 Å². The van der Waals surface area contributed by atoms with Gasteiger partial charge in [0, 0.05) is 25.1 Å². The van der Waals surface area contributed by atoms with E-state index in [-0.39, 0.29) is 17.7 Å². The van der Waals surface area contributed by atoms with Crippen LogP contribution in [0.15, 0.2) is 34.9 Å². The number of anilines is 1. The molecule has 7 nitrogen and oxygen atoms in total. The number of piperidine rings is 1. The number of ether oxygens (including phenoxy) is 1. The van der Waals surface area contributed by atoms with Crippen molar-refractivity contribution in [2.45, 2.75) is 26.2 Å². The maximum absolute atomic E-state index is 12.5. The molecule has 0 atom stereocenters. The van der Waals surface area contributed by atoms with Crippen LogP contribution in [0, 0.1) is 12.8 Å². The quantitative estimate of drug-likeness (QED) is 0.888. The van der Waals surface area contributed by atoms with Gasteiger partial charge in [-0.2, -0.15) is 0 Å². The topological polar surface area (TPSA) is 84.7 Å². The third kappa shape index (κ3) is 4.41. The minimum atomic E-state index is -0.118. The highest BCUT2D eigenvalue weighted by atomic mass is 16.5. The van der Waals surface area contributed by atoms with E-state index in [1.807, 2.05) is 29.2 Å². The Hall–Kier alpha value is -2.83. The Morgan fingerprint density at radius 2 is 2.08 bits per heavy atom. The van der Waals surface area contributed by atoms with Crippen LogP contribution in [0.5, 0.6) is 5.75 Å². The molecule has 0 aliphatic carbocycles. The molecule has 0 spiro atoms. The number of nitrogens with one attached hydrogen (secondary N) is 1. The monoisotopic (exact) mass is 357 g/mol. The number of aryl methyl sites for hydroxylation is 1.